The molecular formula is C15H21NO4. The minimum atomic E-state index is -0.654. The maximum Gasteiger partial charge on any atom is 0.408 e. The van der Waals surface area contributed by atoms with Crippen molar-refractivity contribution in [1.82, 2.24) is 5.32 Å². The van der Waals surface area contributed by atoms with Gasteiger partial charge in [-0.15, -0.1) is 0 Å². The van der Waals surface area contributed by atoms with Gasteiger partial charge in [0.25, 0.3) is 0 Å². The second-order valence-electron chi connectivity index (χ2n) is 5.46. The molecule has 5 nitrogen and oxygen atoms in total. The molecule has 0 unspecified atom stereocenters. The van der Waals surface area contributed by atoms with E-state index in [0.29, 0.717) is 11.3 Å². The number of amides is 1. The zero-order valence-corrected chi connectivity index (χ0v) is 12.5. The molecule has 0 fully saturated rings. The van der Waals surface area contributed by atoms with Crippen LogP contribution in [0.5, 0.6) is 5.75 Å². The first-order valence-corrected chi connectivity index (χ1v) is 6.40. The summed E-state index contributed by atoms with van der Waals surface area (Å²) in [6.45, 7) is 6.92. The number of Topliss-reactive ketones (excluding diaryl/α,β-unsaturated/α-hetero) is 1. The molecule has 1 aromatic rings. The van der Waals surface area contributed by atoms with E-state index >= 15 is 0 Å². The predicted octanol–water partition coefficient (Wildman–Crippen LogP) is 2.79. The molecular weight excluding hydrogens is 258 g/mol. The first kappa shape index (κ1) is 16.0. The molecule has 0 radical (unpaired) electrons. The second-order valence-corrected chi connectivity index (χ2v) is 5.46. The van der Waals surface area contributed by atoms with Crippen molar-refractivity contribution in [2.45, 2.75) is 39.3 Å². The number of ketones is 1. The summed E-state index contributed by atoms with van der Waals surface area (Å²) >= 11 is 0. The van der Waals surface area contributed by atoms with Gasteiger partial charge in [-0.25, -0.2) is 4.79 Å². The van der Waals surface area contributed by atoms with Gasteiger partial charge in [-0.1, -0.05) is 0 Å². The van der Waals surface area contributed by atoms with E-state index in [4.69, 9.17) is 9.47 Å². The number of carbonyl (C=O) groups is 2. The van der Waals surface area contributed by atoms with E-state index in [2.05, 4.69) is 5.32 Å². The molecule has 0 spiro atoms. The van der Waals surface area contributed by atoms with Crippen molar-refractivity contribution < 1.29 is 19.1 Å². The Hall–Kier alpha value is -2.04. The largest absolute Gasteiger partial charge is 0.497 e. The van der Waals surface area contributed by atoms with Gasteiger partial charge in [0.05, 0.1) is 13.2 Å². The van der Waals surface area contributed by atoms with Gasteiger partial charge in [0.1, 0.15) is 11.4 Å². The number of alkyl carbamates (subject to hydrolysis) is 1. The van der Waals surface area contributed by atoms with Crippen LogP contribution in [-0.4, -0.2) is 30.6 Å². The van der Waals surface area contributed by atoms with Crippen LogP contribution in [-0.2, 0) is 4.74 Å². The summed E-state index contributed by atoms with van der Waals surface area (Å²) < 4.78 is 10.1. The fourth-order valence-corrected chi connectivity index (χ4v) is 1.56. The van der Waals surface area contributed by atoms with Crippen molar-refractivity contribution >= 4 is 11.9 Å². The quantitative estimate of drug-likeness (QED) is 0.861. The molecule has 0 saturated carbocycles. The molecule has 0 aliphatic carbocycles. The lowest BCUT2D eigenvalue weighted by Crippen LogP contribution is -2.41. The Kier molecular flexibility index (Phi) is 5.13. The van der Waals surface area contributed by atoms with Crippen LogP contribution in [0.1, 0.15) is 38.1 Å². The van der Waals surface area contributed by atoms with Crippen LogP contribution in [0, 0.1) is 0 Å². The van der Waals surface area contributed by atoms with E-state index in [1.165, 1.54) is 0 Å². The van der Waals surface area contributed by atoms with E-state index in [1.807, 2.05) is 0 Å². The maximum absolute atomic E-state index is 12.1. The molecule has 0 saturated heterocycles. The van der Waals surface area contributed by atoms with E-state index in [-0.39, 0.29) is 5.78 Å². The molecule has 0 aliphatic rings. The maximum atomic E-state index is 12.1. The van der Waals surface area contributed by atoms with Crippen molar-refractivity contribution in [3.05, 3.63) is 29.8 Å². The van der Waals surface area contributed by atoms with Crippen LogP contribution in [0.3, 0.4) is 0 Å². The summed E-state index contributed by atoms with van der Waals surface area (Å²) in [6, 6.07) is 6.07. The normalized spacial score (nSPS) is 12.4. The van der Waals surface area contributed by atoms with Gasteiger partial charge in [-0.2, -0.15) is 0 Å². The molecule has 20 heavy (non-hydrogen) atoms. The van der Waals surface area contributed by atoms with Crippen LogP contribution in [0.25, 0.3) is 0 Å². The second kappa shape index (κ2) is 6.41. The van der Waals surface area contributed by atoms with Crippen LogP contribution in [0.15, 0.2) is 24.3 Å². The Morgan fingerprint density at radius 2 is 1.70 bits per heavy atom. The summed E-state index contributed by atoms with van der Waals surface area (Å²) in [5.74, 6) is 0.493. The Bertz CT molecular complexity index is 474. The Balaban J connectivity index is 2.64. The molecule has 0 heterocycles. The molecule has 0 aromatic heterocycles. The average molecular weight is 279 g/mol. The van der Waals surface area contributed by atoms with E-state index in [9.17, 15) is 9.59 Å². The van der Waals surface area contributed by atoms with Crippen LogP contribution in [0.2, 0.25) is 0 Å². The summed E-state index contributed by atoms with van der Waals surface area (Å²) in [5, 5.41) is 2.52. The molecule has 0 aliphatic heterocycles. The smallest absolute Gasteiger partial charge is 0.408 e. The van der Waals surface area contributed by atoms with Gasteiger partial charge in [-0.3, -0.25) is 4.79 Å². The molecule has 1 atom stereocenters. The van der Waals surface area contributed by atoms with Gasteiger partial charge < -0.3 is 14.8 Å². The molecule has 1 rings (SSSR count). The van der Waals surface area contributed by atoms with E-state index in [1.54, 1.807) is 59.1 Å². The number of nitrogens with one attached hydrogen (secondary N) is 1. The third-order valence-electron chi connectivity index (χ3n) is 2.50. The zero-order valence-electron chi connectivity index (χ0n) is 12.5. The molecule has 0 bridgehead atoms. The molecule has 5 heteroatoms. The molecule has 110 valence electrons. The minimum absolute atomic E-state index is 0.182. The Morgan fingerprint density at radius 1 is 1.15 bits per heavy atom. The number of carbonyl (C=O) groups excluding carboxylic acids is 2. The lowest BCUT2D eigenvalue weighted by atomic mass is 10.1. The van der Waals surface area contributed by atoms with Crippen molar-refractivity contribution in [2.75, 3.05) is 7.11 Å². The monoisotopic (exact) mass is 279 g/mol. The third kappa shape index (κ3) is 4.91. The zero-order chi connectivity index (χ0) is 15.3. The van der Waals surface area contributed by atoms with E-state index < -0.39 is 17.7 Å². The van der Waals surface area contributed by atoms with Gasteiger partial charge in [0.15, 0.2) is 5.78 Å². The number of rotatable bonds is 4. The molecule has 1 amide bonds. The van der Waals surface area contributed by atoms with Gasteiger partial charge in [0, 0.05) is 5.56 Å². The lowest BCUT2D eigenvalue weighted by molar-refractivity contribution is 0.0497. The topological polar surface area (TPSA) is 64.6 Å². The number of hydrogen-bond acceptors (Lipinski definition) is 4. The Morgan fingerprint density at radius 3 is 2.15 bits per heavy atom. The predicted molar refractivity (Wildman–Crippen MR) is 76.2 cm³/mol. The highest BCUT2D eigenvalue weighted by Gasteiger charge is 2.21. The van der Waals surface area contributed by atoms with E-state index in [0.717, 1.165) is 0 Å². The van der Waals surface area contributed by atoms with Crippen LogP contribution < -0.4 is 10.1 Å². The number of ether oxygens (including phenoxy) is 2. The summed E-state index contributed by atoms with van der Waals surface area (Å²) in [4.78, 5) is 23.7. The van der Waals surface area contributed by atoms with Crippen LogP contribution in [0.4, 0.5) is 4.79 Å². The third-order valence-corrected chi connectivity index (χ3v) is 2.50. The molecule has 1 N–H and O–H groups in total. The first-order chi connectivity index (χ1) is 9.23. The van der Waals surface area contributed by atoms with Crippen molar-refractivity contribution in [3.63, 3.8) is 0 Å². The fraction of sp³-hybridized carbons (Fsp3) is 0.467. The first-order valence-electron chi connectivity index (χ1n) is 6.40. The number of methoxy groups -OCH3 is 1. The lowest BCUT2D eigenvalue weighted by Gasteiger charge is -2.21. The highest BCUT2D eigenvalue weighted by atomic mass is 16.6. The van der Waals surface area contributed by atoms with Gasteiger partial charge in [-0.05, 0) is 52.0 Å². The fourth-order valence-electron chi connectivity index (χ4n) is 1.56. The van der Waals surface area contributed by atoms with Crippen molar-refractivity contribution in [3.8, 4) is 5.75 Å². The van der Waals surface area contributed by atoms with Crippen molar-refractivity contribution in [1.29, 1.82) is 0 Å². The standard InChI is InChI=1S/C15H21NO4/c1-10(16-14(18)20-15(2,3)4)13(17)11-6-8-12(19-5)9-7-11/h6-10H,1-5H3,(H,16,18)/t10-/m1/s1. The Labute approximate surface area is 119 Å². The number of hydrogen-bond donors (Lipinski definition) is 1. The highest BCUT2D eigenvalue weighted by molar-refractivity contribution is 6.01. The van der Waals surface area contributed by atoms with Crippen LogP contribution >= 0.6 is 0 Å². The highest BCUT2D eigenvalue weighted by Crippen LogP contribution is 2.13. The van der Waals surface area contributed by atoms with Gasteiger partial charge in [0.2, 0.25) is 0 Å². The number of benzene rings is 1. The summed E-state index contributed by atoms with van der Waals surface area (Å²) in [6.07, 6.45) is -0.605. The van der Waals surface area contributed by atoms with Gasteiger partial charge >= 0.3 is 6.09 Å². The summed E-state index contributed by atoms with van der Waals surface area (Å²) in [5.41, 5.74) is -0.0816. The average Bonchev–Trinajstić information content (AvgIpc) is 2.35. The summed E-state index contributed by atoms with van der Waals surface area (Å²) in [7, 11) is 1.56. The molecule has 1 aromatic carbocycles. The minimum Gasteiger partial charge on any atom is -0.497 e. The van der Waals surface area contributed by atoms with Crippen molar-refractivity contribution in [2.24, 2.45) is 0 Å². The SMILES string of the molecule is COc1ccc(C(=O)[C@@H](C)NC(=O)OC(C)(C)C)cc1.